The number of hydrogen-bond acceptors (Lipinski definition) is 4. The smallest absolute Gasteiger partial charge is 0.237 e. The summed E-state index contributed by atoms with van der Waals surface area (Å²) >= 11 is 18.8. The molecule has 0 aliphatic carbocycles. The molecular weight excluding hydrogens is 497 g/mol. The van der Waals surface area contributed by atoms with Crippen molar-refractivity contribution in [3.63, 3.8) is 0 Å². The molecule has 0 saturated carbocycles. The largest absolute Gasteiger partial charge is 0.332 e. The molecular formula is C24H21Cl2N3O2S2. The van der Waals surface area contributed by atoms with Crippen LogP contribution >= 0.6 is 47.2 Å². The van der Waals surface area contributed by atoms with Gasteiger partial charge in [-0.1, -0.05) is 29.3 Å². The highest BCUT2D eigenvalue weighted by Gasteiger charge is 2.16. The van der Waals surface area contributed by atoms with E-state index in [1.54, 1.807) is 42.5 Å². The predicted molar refractivity (Wildman–Crippen MR) is 143 cm³/mol. The number of benzene rings is 3. The molecule has 0 spiro atoms. The molecule has 9 heteroatoms. The summed E-state index contributed by atoms with van der Waals surface area (Å²) in [7, 11) is 0. The van der Waals surface area contributed by atoms with Crippen LogP contribution in [0.3, 0.4) is 0 Å². The van der Waals surface area contributed by atoms with Crippen LogP contribution in [0, 0.1) is 0 Å². The Morgan fingerprint density at radius 2 is 1.61 bits per heavy atom. The van der Waals surface area contributed by atoms with Crippen molar-refractivity contribution in [3.8, 4) is 0 Å². The Morgan fingerprint density at radius 1 is 0.909 bits per heavy atom. The van der Waals surface area contributed by atoms with Crippen molar-refractivity contribution in [2.24, 2.45) is 0 Å². The maximum Gasteiger partial charge on any atom is 0.237 e. The van der Waals surface area contributed by atoms with E-state index in [0.717, 1.165) is 16.3 Å². The van der Waals surface area contributed by atoms with Crippen LogP contribution in [0.1, 0.15) is 24.2 Å². The van der Waals surface area contributed by atoms with E-state index in [1.807, 2.05) is 31.2 Å². The van der Waals surface area contributed by atoms with Crippen LogP contribution in [0.2, 0.25) is 10.0 Å². The van der Waals surface area contributed by atoms with Gasteiger partial charge in [-0.3, -0.25) is 9.59 Å². The van der Waals surface area contributed by atoms with Crippen molar-refractivity contribution in [1.29, 1.82) is 0 Å². The standard InChI is InChI=1S/C24H21Cl2N3O2S2/c1-14(30)16-6-9-18(10-7-16)27-24(32)28-19-4-3-5-20(13-19)33-15(2)23(31)29-22-11-8-17(25)12-21(22)26/h3-13,15H,1-2H3,(H,29,31)(H2,27,28,32). The Hall–Kier alpha value is -2.58. The summed E-state index contributed by atoms with van der Waals surface area (Å²) in [5, 5.41) is 9.98. The second kappa shape index (κ2) is 11.5. The summed E-state index contributed by atoms with van der Waals surface area (Å²) in [5.74, 6) is -0.162. The quantitative estimate of drug-likeness (QED) is 0.176. The fraction of sp³-hybridized carbons (Fsp3) is 0.125. The number of halogens is 2. The Kier molecular flexibility index (Phi) is 8.74. The van der Waals surface area contributed by atoms with E-state index in [-0.39, 0.29) is 16.9 Å². The Labute approximate surface area is 212 Å². The van der Waals surface area contributed by atoms with Crippen molar-refractivity contribution in [1.82, 2.24) is 0 Å². The lowest BCUT2D eigenvalue weighted by Gasteiger charge is -2.15. The van der Waals surface area contributed by atoms with Gasteiger partial charge >= 0.3 is 0 Å². The lowest BCUT2D eigenvalue weighted by molar-refractivity contribution is -0.115. The van der Waals surface area contributed by atoms with Crippen LogP contribution in [0.15, 0.2) is 71.6 Å². The zero-order chi connectivity index (χ0) is 24.0. The molecule has 3 rings (SSSR count). The maximum absolute atomic E-state index is 12.6. The van der Waals surface area contributed by atoms with E-state index in [4.69, 9.17) is 35.4 Å². The summed E-state index contributed by atoms with van der Waals surface area (Å²) in [6.45, 7) is 3.35. The molecule has 3 N–H and O–H groups in total. The van der Waals surface area contributed by atoms with Crippen molar-refractivity contribution >= 4 is 81.0 Å². The third kappa shape index (κ3) is 7.47. The topological polar surface area (TPSA) is 70.2 Å². The number of Topliss-reactive ketones (excluding diaryl/α,β-unsaturated/α-hetero) is 1. The van der Waals surface area contributed by atoms with E-state index < -0.39 is 0 Å². The zero-order valence-corrected chi connectivity index (χ0v) is 21.0. The average Bonchev–Trinajstić information content (AvgIpc) is 2.76. The van der Waals surface area contributed by atoms with Crippen LogP contribution < -0.4 is 16.0 Å². The summed E-state index contributed by atoms with van der Waals surface area (Å²) in [6.07, 6.45) is 0. The highest BCUT2D eigenvalue weighted by atomic mass is 35.5. The van der Waals surface area contributed by atoms with E-state index in [0.29, 0.717) is 26.4 Å². The molecule has 170 valence electrons. The molecule has 0 radical (unpaired) electrons. The first-order valence-corrected chi connectivity index (χ1v) is 12.0. The number of amides is 1. The van der Waals surface area contributed by atoms with E-state index >= 15 is 0 Å². The Bertz CT molecular complexity index is 1190. The normalized spacial score (nSPS) is 11.4. The summed E-state index contributed by atoms with van der Waals surface area (Å²) in [4.78, 5) is 24.9. The monoisotopic (exact) mass is 517 g/mol. The number of carbonyl (C=O) groups is 2. The Balaban J connectivity index is 1.57. The summed E-state index contributed by atoms with van der Waals surface area (Å²) in [6, 6.07) is 19.6. The van der Waals surface area contributed by atoms with Gasteiger partial charge < -0.3 is 16.0 Å². The minimum Gasteiger partial charge on any atom is -0.332 e. The lowest BCUT2D eigenvalue weighted by atomic mass is 10.1. The first-order valence-electron chi connectivity index (χ1n) is 9.93. The molecule has 0 aromatic heterocycles. The first kappa shape index (κ1) is 25.1. The van der Waals surface area contributed by atoms with Crippen LogP contribution in [0.5, 0.6) is 0 Å². The van der Waals surface area contributed by atoms with Gasteiger partial charge in [0.15, 0.2) is 10.9 Å². The molecule has 0 bridgehead atoms. The number of thiocarbonyl (C=S) groups is 1. The van der Waals surface area contributed by atoms with Gasteiger partial charge in [0.25, 0.3) is 0 Å². The van der Waals surface area contributed by atoms with Crippen molar-refractivity contribution < 1.29 is 9.59 Å². The molecule has 1 unspecified atom stereocenters. The van der Waals surface area contributed by atoms with Crippen LogP contribution in [-0.2, 0) is 4.79 Å². The van der Waals surface area contributed by atoms with Crippen LogP contribution in [0.4, 0.5) is 17.1 Å². The molecule has 5 nitrogen and oxygen atoms in total. The number of hydrogen-bond donors (Lipinski definition) is 3. The fourth-order valence-corrected chi connectivity index (χ4v) is 4.43. The van der Waals surface area contributed by atoms with Gasteiger partial charge in [0.2, 0.25) is 5.91 Å². The van der Waals surface area contributed by atoms with Gasteiger partial charge in [0.05, 0.1) is 16.0 Å². The molecule has 0 aliphatic rings. The van der Waals surface area contributed by atoms with Gasteiger partial charge in [-0.15, -0.1) is 11.8 Å². The SMILES string of the molecule is CC(=O)c1ccc(NC(=S)Nc2cccc(SC(C)C(=O)Nc3ccc(Cl)cc3Cl)c2)cc1. The molecule has 33 heavy (non-hydrogen) atoms. The number of thioether (sulfide) groups is 1. The van der Waals surface area contributed by atoms with Gasteiger partial charge in [-0.2, -0.15) is 0 Å². The highest BCUT2D eigenvalue weighted by Crippen LogP contribution is 2.29. The zero-order valence-electron chi connectivity index (χ0n) is 17.8. The van der Waals surface area contributed by atoms with E-state index in [9.17, 15) is 9.59 Å². The van der Waals surface area contributed by atoms with Gasteiger partial charge in [0.1, 0.15) is 0 Å². The summed E-state index contributed by atoms with van der Waals surface area (Å²) in [5.41, 5.74) is 2.71. The highest BCUT2D eigenvalue weighted by molar-refractivity contribution is 8.00. The van der Waals surface area contributed by atoms with Gasteiger partial charge in [-0.25, -0.2) is 0 Å². The second-order valence-corrected chi connectivity index (χ2v) is 9.78. The minimum atomic E-state index is -0.364. The Morgan fingerprint density at radius 3 is 2.27 bits per heavy atom. The van der Waals surface area contributed by atoms with E-state index in [1.165, 1.54) is 18.7 Å². The van der Waals surface area contributed by atoms with Crippen LogP contribution in [-0.4, -0.2) is 22.1 Å². The van der Waals surface area contributed by atoms with Gasteiger partial charge in [-0.05, 0) is 86.7 Å². The van der Waals surface area contributed by atoms with Crippen molar-refractivity contribution in [3.05, 3.63) is 82.3 Å². The molecule has 0 heterocycles. The number of anilines is 3. The molecule has 1 amide bonds. The molecule has 0 aliphatic heterocycles. The third-order valence-electron chi connectivity index (χ3n) is 4.51. The molecule has 3 aromatic rings. The van der Waals surface area contributed by atoms with Crippen molar-refractivity contribution in [2.75, 3.05) is 16.0 Å². The summed E-state index contributed by atoms with van der Waals surface area (Å²) < 4.78 is 0. The van der Waals surface area contributed by atoms with Crippen molar-refractivity contribution in [2.45, 2.75) is 24.0 Å². The number of rotatable bonds is 7. The molecule has 3 aromatic carbocycles. The number of ketones is 1. The molecule has 0 saturated heterocycles. The number of carbonyl (C=O) groups excluding carboxylic acids is 2. The van der Waals surface area contributed by atoms with Crippen LogP contribution in [0.25, 0.3) is 0 Å². The maximum atomic E-state index is 12.6. The molecule has 1 atom stereocenters. The lowest BCUT2D eigenvalue weighted by Crippen LogP contribution is -2.22. The minimum absolute atomic E-state index is 0.00994. The number of nitrogens with one attached hydrogen (secondary N) is 3. The van der Waals surface area contributed by atoms with E-state index in [2.05, 4.69) is 16.0 Å². The third-order valence-corrected chi connectivity index (χ3v) is 6.36. The molecule has 0 fully saturated rings. The fourth-order valence-electron chi connectivity index (χ4n) is 2.81. The van der Waals surface area contributed by atoms with Gasteiger partial charge in [0, 0.05) is 26.9 Å². The first-order chi connectivity index (χ1) is 15.7. The average molecular weight is 518 g/mol. The second-order valence-electron chi connectivity index (χ2n) is 7.11. The predicted octanol–water partition coefficient (Wildman–Crippen LogP) is 7.12.